The molecule has 0 saturated carbocycles. The summed E-state index contributed by atoms with van der Waals surface area (Å²) >= 11 is 0. The van der Waals surface area contributed by atoms with E-state index in [1.54, 1.807) is 12.1 Å². The highest BCUT2D eigenvalue weighted by atomic mass is 32.2. The maximum absolute atomic E-state index is 11.6. The van der Waals surface area contributed by atoms with Crippen molar-refractivity contribution < 1.29 is 8.42 Å². The molecule has 1 aromatic carbocycles. The second-order valence-corrected chi connectivity index (χ2v) is 8.94. The van der Waals surface area contributed by atoms with Gasteiger partial charge in [0.2, 0.25) is 10.0 Å². The van der Waals surface area contributed by atoms with Crippen molar-refractivity contribution in [2.75, 3.05) is 0 Å². The summed E-state index contributed by atoms with van der Waals surface area (Å²) in [6.07, 6.45) is 15.2. The predicted molar refractivity (Wildman–Crippen MR) is 107 cm³/mol. The smallest absolute Gasteiger partial charge is 0.225 e. The van der Waals surface area contributed by atoms with Crippen LogP contribution in [0.25, 0.3) is 0 Å². The molecule has 3 nitrogen and oxygen atoms in total. The zero-order valence-electron chi connectivity index (χ0n) is 16.2. The normalized spacial score (nSPS) is 13.1. The minimum absolute atomic E-state index is 0.283. The third-order valence-corrected chi connectivity index (χ3v) is 5.98. The van der Waals surface area contributed by atoms with Gasteiger partial charge in [0.1, 0.15) is 0 Å². The Morgan fingerprint density at radius 2 is 1.44 bits per heavy atom. The highest BCUT2D eigenvalue weighted by molar-refractivity contribution is 7.89. The van der Waals surface area contributed by atoms with E-state index in [9.17, 15) is 8.42 Å². The molecule has 0 radical (unpaired) electrons. The van der Waals surface area contributed by atoms with Crippen LogP contribution in [0, 0.1) is 5.92 Å². The van der Waals surface area contributed by atoms with Gasteiger partial charge in [-0.3, -0.25) is 0 Å². The van der Waals surface area contributed by atoms with E-state index in [2.05, 4.69) is 13.8 Å². The molecular formula is C21H37NO2S. The minimum Gasteiger partial charge on any atom is -0.225 e. The summed E-state index contributed by atoms with van der Waals surface area (Å²) in [7, 11) is -3.61. The van der Waals surface area contributed by atoms with Crippen LogP contribution in [0.2, 0.25) is 0 Å². The molecule has 1 rings (SSSR count). The number of hydrogen-bond donors (Lipinski definition) is 1. The maximum Gasteiger partial charge on any atom is 0.238 e. The summed E-state index contributed by atoms with van der Waals surface area (Å²) < 4.78 is 23.2. The van der Waals surface area contributed by atoms with Gasteiger partial charge < -0.3 is 0 Å². The first kappa shape index (κ1) is 22.2. The molecule has 0 unspecified atom stereocenters. The molecule has 0 aliphatic heterocycles. The standard InChI is InChI=1S/C21H37NO2S/c1-3-4-5-6-7-8-9-10-14-19(2)15-13-17-20-16-11-12-18-21(20)25(22,23)24/h11-12,16,18-19H,3-10,13-15,17H2,1-2H3,(H2,22,23,24)/t19-/m1/s1. The average molecular weight is 368 g/mol. The number of unbranched alkanes of at least 4 members (excludes halogenated alkanes) is 7. The number of benzene rings is 1. The highest BCUT2D eigenvalue weighted by Crippen LogP contribution is 2.20. The SMILES string of the molecule is CCCCCCCCCC[C@@H](C)CCCc1ccccc1S(N)(=O)=O. The van der Waals surface area contributed by atoms with Crippen molar-refractivity contribution in [1.29, 1.82) is 0 Å². The van der Waals surface area contributed by atoms with Crippen molar-refractivity contribution in [2.45, 2.75) is 95.8 Å². The Morgan fingerprint density at radius 3 is 2.08 bits per heavy atom. The molecule has 0 aliphatic carbocycles. The largest absolute Gasteiger partial charge is 0.238 e. The fraction of sp³-hybridized carbons (Fsp3) is 0.714. The summed E-state index contributed by atoms with van der Waals surface area (Å²) in [5, 5.41) is 5.29. The van der Waals surface area contributed by atoms with E-state index < -0.39 is 10.0 Å². The van der Waals surface area contributed by atoms with Crippen LogP contribution in [0.3, 0.4) is 0 Å². The fourth-order valence-corrected chi connectivity index (χ4v) is 4.20. The van der Waals surface area contributed by atoms with Crippen molar-refractivity contribution in [3.63, 3.8) is 0 Å². The fourth-order valence-electron chi connectivity index (χ4n) is 3.40. The van der Waals surface area contributed by atoms with Crippen LogP contribution in [0.1, 0.15) is 90.0 Å². The van der Waals surface area contributed by atoms with Gasteiger partial charge in [-0.2, -0.15) is 0 Å². The molecule has 0 fully saturated rings. The van der Waals surface area contributed by atoms with Gasteiger partial charge in [-0.25, -0.2) is 13.6 Å². The number of aryl methyl sites for hydroxylation is 1. The second kappa shape index (κ2) is 12.5. The van der Waals surface area contributed by atoms with E-state index in [0.717, 1.165) is 24.8 Å². The lowest BCUT2D eigenvalue weighted by Gasteiger charge is -2.12. The van der Waals surface area contributed by atoms with Crippen LogP contribution >= 0.6 is 0 Å². The van der Waals surface area contributed by atoms with Gasteiger partial charge in [0.25, 0.3) is 0 Å². The van der Waals surface area contributed by atoms with Crippen LogP contribution in [-0.2, 0) is 16.4 Å². The third kappa shape index (κ3) is 10.0. The molecule has 0 bridgehead atoms. The molecule has 25 heavy (non-hydrogen) atoms. The van der Waals surface area contributed by atoms with E-state index in [4.69, 9.17) is 5.14 Å². The van der Waals surface area contributed by atoms with Gasteiger partial charge in [0.05, 0.1) is 4.90 Å². The topological polar surface area (TPSA) is 60.2 Å². The Kier molecular flexibility index (Phi) is 11.1. The van der Waals surface area contributed by atoms with Gasteiger partial charge in [-0.05, 0) is 30.4 Å². The lowest BCUT2D eigenvalue weighted by molar-refractivity contribution is 0.442. The van der Waals surface area contributed by atoms with Crippen LogP contribution in [0.5, 0.6) is 0 Å². The van der Waals surface area contributed by atoms with Crippen LogP contribution in [-0.4, -0.2) is 8.42 Å². The average Bonchev–Trinajstić information content (AvgIpc) is 2.57. The van der Waals surface area contributed by atoms with Gasteiger partial charge in [-0.15, -0.1) is 0 Å². The second-order valence-electron chi connectivity index (χ2n) is 7.41. The van der Waals surface area contributed by atoms with Crippen LogP contribution in [0.4, 0.5) is 0 Å². The maximum atomic E-state index is 11.6. The van der Waals surface area contributed by atoms with Gasteiger partial charge >= 0.3 is 0 Å². The predicted octanol–water partition coefficient (Wildman–Crippen LogP) is 5.82. The first-order valence-electron chi connectivity index (χ1n) is 10.1. The Hall–Kier alpha value is -0.870. The first-order chi connectivity index (χ1) is 11.9. The summed E-state index contributed by atoms with van der Waals surface area (Å²) in [6, 6.07) is 7.10. The molecule has 1 atom stereocenters. The van der Waals surface area contributed by atoms with Crippen molar-refractivity contribution >= 4 is 10.0 Å². The molecule has 2 N–H and O–H groups in total. The van der Waals surface area contributed by atoms with Gasteiger partial charge in [0, 0.05) is 0 Å². The van der Waals surface area contributed by atoms with Gasteiger partial charge in [-0.1, -0.05) is 96.3 Å². The van der Waals surface area contributed by atoms with Crippen molar-refractivity contribution in [2.24, 2.45) is 11.1 Å². The highest BCUT2D eigenvalue weighted by Gasteiger charge is 2.13. The number of primary sulfonamides is 1. The number of rotatable bonds is 14. The molecule has 0 spiro atoms. The molecule has 0 saturated heterocycles. The van der Waals surface area contributed by atoms with Crippen molar-refractivity contribution in [3.8, 4) is 0 Å². The molecule has 0 aromatic heterocycles. The molecule has 0 aliphatic rings. The molecule has 144 valence electrons. The van der Waals surface area contributed by atoms with E-state index in [-0.39, 0.29) is 4.90 Å². The minimum atomic E-state index is -3.61. The first-order valence-corrected chi connectivity index (χ1v) is 11.6. The zero-order valence-corrected chi connectivity index (χ0v) is 17.0. The van der Waals surface area contributed by atoms with Gasteiger partial charge in [0.15, 0.2) is 0 Å². The van der Waals surface area contributed by atoms with E-state index in [1.807, 2.05) is 12.1 Å². The zero-order chi connectivity index (χ0) is 18.5. The third-order valence-electron chi connectivity index (χ3n) is 4.97. The Morgan fingerprint density at radius 1 is 0.880 bits per heavy atom. The molecule has 0 heterocycles. The summed E-state index contributed by atoms with van der Waals surface area (Å²) in [6.45, 7) is 4.57. The number of sulfonamides is 1. The lowest BCUT2D eigenvalue weighted by Crippen LogP contribution is -2.14. The van der Waals surface area contributed by atoms with Crippen molar-refractivity contribution in [3.05, 3.63) is 29.8 Å². The summed E-state index contributed by atoms with van der Waals surface area (Å²) in [4.78, 5) is 0.283. The van der Waals surface area contributed by atoms with Crippen LogP contribution in [0.15, 0.2) is 29.2 Å². The number of nitrogens with two attached hydrogens (primary N) is 1. The molecule has 4 heteroatoms. The monoisotopic (exact) mass is 367 g/mol. The summed E-state index contributed by atoms with van der Waals surface area (Å²) in [5.41, 5.74) is 0.851. The quantitative estimate of drug-likeness (QED) is 0.421. The van der Waals surface area contributed by atoms with Crippen LogP contribution < -0.4 is 5.14 Å². The van der Waals surface area contributed by atoms with E-state index >= 15 is 0 Å². The van der Waals surface area contributed by atoms with E-state index in [0.29, 0.717) is 5.92 Å². The lowest BCUT2D eigenvalue weighted by atomic mass is 9.95. The molecular weight excluding hydrogens is 330 g/mol. The summed E-state index contributed by atoms with van der Waals surface area (Å²) in [5.74, 6) is 0.710. The molecule has 0 amide bonds. The Balaban J connectivity index is 2.16. The Bertz CT molecular complexity index is 569. The van der Waals surface area contributed by atoms with E-state index in [1.165, 1.54) is 57.8 Å². The molecule has 1 aromatic rings. The number of hydrogen-bond acceptors (Lipinski definition) is 2. The Labute approximate surface area is 155 Å². The van der Waals surface area contributed by atoms with Crippen molar-refractivity contribution in [1.82, 2.24) is 0 Å².